The minimum atomic E-state index is -1.13. The SMILES string of the molecule is CSc1ccc(C(=O)C2CN(Cc3ccccc3)C[C@@H]2c2cccc(OC(C)(C)C(=O)OCC(C)C)c2)cc1. The second-order valence-corrected chi connectivity index (χ2v) is 12.0. The first-order valence-electron chi connectivity index (χ1n) is 13.6. The molecule has 1 heterocycles. The minimum Gasteiger partial charge on any atom is -0.476 e. The summed E-state index contributed by atoms with van der Waals surface area (Å²) in [6, 6.07) is 26.1. The molecule has 1 aliphatic rings. The number of benzene rings is 3. The average molecular weight is 546 g/mol. The van der Waals surface area contributed by atoms with E-state index in [9.17, 15) is 9.59 Å². The Labute approximate surface area is 236 Å². The van der Waals surface area contributed by atoms with Crippen LogP contribution in [0.4, 0.5) is 0 Å². The van der Waals surface area contributed by atoms with Gasteiger partial charge in [0, 0.05) is 41.9 Å². The van der Waals surface area contributed by atoms with Gasteiger partial charge in [0.05, 0.1) is 6.61 Å². The van der Waals surface area contributed by atoms with Gasteiger partial charge in [-0.05, 0) is 61.4 Å². The molecular formula is C33H39NO4S. The van der Waals surface area contributed by atoms with Gasteiger partial charge in [0.15, 0.2) is 11.4 Å². The molecule has 206 valence electrons. The van der Waals surface area contributed by atoms with E-state index in [-0.39, 0.29) is 23.5 Å². The molecule has 0 N–H and O–H groups in total. The van der Waals surface area contributed by atoms with Crippen LogP contribution in [0.5, 0.6) is 5.75 Å². The molecule has 1 fully saturated rings. The molecule has 2 atom stereocenters. The fraction of sp³-hybridized carbons (Fsp3) is 0.394. The monoisotopic (exact) mass is 545 g/mol. The summed E-state index contributed by atoms with van der Waals surface area (Å²) in [5, 5.41) is 0. The quantitative estimate of drug-likeness (QED) is 0.149. The molecule has 1 saturated heterocycles. The number of hydrogen-bond acceptors (Lipinski definition) is 6. The van der Waals surface area contributed by atoms with Gasteiger partial charge in [-0.25, -0.2) is 4.79 Å². The number of hydrogen-bond donors (Lipinski definition) is 0. The Morgan fingerprint density at radius 1 is 0.974 bits per heavy atom. The van der Waals surface area contributed by atoms with E-state index in [4.69, 9.17) is 9.47 Å². The third kappa shape index (κ3) is 7.52. The maximum Gasteiger partial charge on any atom is 0.349 e. The second-order valence-electron chi connectivity index (χ2n) is 11.2. The molecule has 39 heavy (non-hydrogen) atoms. The fourth-order valence-electron chi connectivity index (χ4n) is 4.99. The number of ether oxygens (including phenoxy) is 2. The van der Waals surface area contributed by atoms with Gasteiger partial charge in [0.1, 0.15) is 5.75 Å². The van der Waals surface area contributed by atoms with E-state index in [0.717, 1.165) is 29.1 Å². The topological polar surface area (TPSA) is 55.8 Å². The van der Waals surface area contributed by atoms with Crippen LogP contribution in [-0.4, -0.2) is 48.2 Å². The number of esters is 1. The first kappa shape index (κ1) is 28.9. The molecule has 0 spiro atoms. The van der Waals surface area contributed by atoms with Crippen molar-refractivity contribution in [2.24, 2.45) is 11.8 Å². The fourth-order valence-corrected chi connectivity index (χ4v) is 5.40. The number of Topliss-reactive ketones (excluding diaryl/α,β-unsaturated/α-hetero) is 1. The van der Waals surface area contributed by atoms with Gasteiger partial charge in [-0.1, -0.05) is 68.4 Å². The van der Waals surface area contributed by atoms with Crippen LogP contribution < -0.4 is 4.74 Å². The van der Waals surface area contributed by atoms with Crippen LogP contribution >= 0.6 is 11.8 Å². The van der Waals surface area contributed by atoms with Crippen LogP contribution in [0.1, 0.15) is 55.1 Å². The summed E-state index contributed by atoms with van der Waals surface area (Å²) in [6.45, 7) is 10.0. The molecule has 3 aromatic carbocycles. The zero-order valence-corrected chi connectivity index (χ0v) is 24.4. The number of nitrogens with zero attached hydrogens (tertiary/aromatic N) is 1. The van der Waals surface area contributed by atoms with E-state index in [2.05, 4.69) is 23.1 Å². The van der Waals surface area contributed by atoms with E-state index in [1.165, 1.54) is 5.56 Å². The van der Waals surface area contributed by atoms with Crippen LogP contribution in [0.3, 0.4) is 0 Å². The molecule has 6 heteroatoms. The standard InChI is InChI=1S/C33H39NO4S/c1-23(2)22-37-32(36)33(3,4)38-27-13-9-12-26(18-27)29-20-34(19-24-10-7-6-8-11-24)21-30(29)31(35)25-14-16-28(39-5)17-15-25/h6-18,23,29-30H,19-22H2,1-5H3/t29-,30?/m1/s1. The maximum absolute atomic E-state index is 13.8. The first-order chi connectivity index (χ1) is 18.7. The highest BCUT2D eigenvalue weighted by molar-refractivity contribution is 7.98. The van der Waals surface area contributed by atoms with Crippen molar-refractivity contribution in [2.75, 3.05) is 26.0 Å². The lowest BCUT2D eigenvalue weighted by atomic mass is 9.84. The second kappa shape index (κ2) is 12.8. The van der Waals surface area contributed by atoms with Crippen molar-refractivity contribution in [3.05, 3.63) is 95.6 Å². The maximum atomic E-state index is 13.8. The highest BCUT2D eigenvalue weighted by atomic mass is 32.2. The summed E-state index contributed by atoms with van der Waals surface area (Å²) in [6.07, 6.45) is 2.03. The Morgan fingerprint density at radius 3 is 2.36 bits per heavy atom. The van der Waals surface area contributed by atoms with E-state index in [1.54, 1.807) is 25.6 Å². The molecule has 1 unspecified atom stereocenters. The third-order valence-corrected chi connectivity index (χ3v) is 7.80. The summed E-state index contributed by atoms with van der Waals surface area (Å²) < 4.78 is 11.6. The largest absolute Gasteiger partial charge is 0.476 e. The van der Waals surface area contributed by atoms with Crippen LogP contribution in [0.15, 0.2) is 83.8 Å². The van der Waals surface area contributed by atoms with Crippen molar-refractivity contribution >= 4 is 23.5 Å². The van der Waals surface area contributed by atoms with E-state index in [0.29, 0.717) is 18.9 Å². The van der Waals surface area contributed by atoms with Gasteiger partial charge >= 0.3 is 5.97 Å². The molecule has 4 rings (SSSR count). The molecule has 0 aromatic heterocycles. The Balaban J connectivity index is 1.58. The molecule has 0 amide bonds. The number of thioether (sulfide) groups is 1. The zero-order chi connectivity index (χ0) is 28.0. The van der Waals surface area contributed by atoms with Gasteiger partial charge in [-0.3, -0.25) is 9.69 Å². The van der Waals surface area contributed by atoms with Crippen LogP contribution in [0.25, 0.3) is 0 Å². The predicted octanol–water partition coefficient (Wildman–Crippen LogP) is 6.86. The van der Waals surface area contributed by atoms with Crippen molar-refractivity contribution in [3.63, 3.8) is 0 Å². The van der Waals surface area contributed by atoms with Crippen molar-refractivity contribution in [2.45, 2.75) is 50.7 Å². The van der Waals surface area contributed by atoms with Gasteiger partial charge in [0.2, 0.25) is 0 Å². The summed E-state index contributed by atoms with van der Waals surface area (Å²) in [5.41, 5.74) is 1.88. The van der Waals surface area contributed by atoms with E-state index in [1.807, 2.05) is 80.8 Å². The summed E-state index contributed by atoms with van der Waals surface area (Å²) in [4.78, 5) is 30.0. The number of ketones is 1. The Bertz CT molecular complexity index is 1260. The van der Waals surface area contributed by atoms with Crippen molar-refractivity contribution in [1.82, 2.24) is 4.90 Å². The smallest absolute Gasteiger partial charge is 0.349 e. The Kier molecular flexibility index (Phi) is 9.52. The van der Waals surface area contributed by atoms with Crippen LogP contribution in [0.2, 0.25) is 0 Å². The molecular weight excluding hydrogens is 506 g/mol. The van der Waals surface area contributed by atoms with E-state index < -0.39 is 11.6 Å². The number of rotatable bonds is 11. The molecule has 0 saturated carbocycles. The molecule has 0 radical (unpaired) electrons. The van der Waals surface area contributed by atoms with Crippen LogP contribution in [0, 0.1) is 11.8 Å². The minimum absolute atomic E-state index is 0.000920. The Morgan fingerprint density at radius 2 is 1.69 bits per heavy atom. The average Bonchev–Trinajstić information content (AvgIpc) is 3.35. The third-order valence-electron chi connectivity index (χ3n) is 7.05. The lowest BCUT2D eigenvalue weighted by molar-refractivity contribution is -0.160. The number of carbonyl (C=O) groups excluding carboxylic acids is 2. The molecule has 1 aliphatic heterocycles. The lowest BCUT2D eigenvalue weighted by Gasteiger charge is -2.26. The normalized spacial score (nSPS) is 17.8. The van der Waals surface area contributed by atoms with Gasteiger partial charge in [-0.15, -0.1) is 11.8 Å². The molecule has 3 aromatic rings. The van der Waals surface area contributed by atoms with Crippen molar-refractivity contribution in [1.29, 1.82) is 0 Å². The first-order valence-corrected chi connectivity index (χ1v) is 14.8. The summed E-state index contributed by atoms with van der Waals surface area (Å²) >= 11 is 1.67. The van der Waals surface area contributed by atoms with Crippen molar-refractivity contribution < 1.29 is 19.1 Å². The summed E-state index contributed by atoms with van der Waals surface area (Å²) in [5.74, 6) is 0.427. The highest BCUT2D eigenvalue weighted by Crippen LogP contribution is 2.37. The Hall–Kier alpha value is -3.09. The summed E-state index contributed by atoms with van der Waals surface area (Å²) in [7, 11) is 0. The lowest BCUT2D eigenvalue weighted by Crippen LogP contribution is -2.40. The number of carbonyl (C=O) groups is 2. The van der Waals surface area contributed by atoms with Gasteiger partial charge in [-0.2, -0.15) is 0 Å². The highest BCUT2D eigenvalue weighted by Gasteiger charge is 2.39. The molecule has 5 nitrogen and oxygen atoms in total. The molecule has 0 bridgehead atoms. The predicted molar refractivity (Wildman–Crippen MR) is 157 cm³/mol. The van der Waals surface area contributed by atoms with Gasteiger partial charge < -0.3 is 9.47 Å². The van der Waals surface area contributed by atoms with Crippen molar-refractivity contribution in [3.8, 4) is 5.75 Å². The number of likely N-dealkylation sites (tertiary alicyclic amines) is 1. The van der Waals surface area contributed by atoms with Gasteiger partial charge in [0.25, 0.3) is 0 Å². The molecule has 0 aliphatic carbocycles. The van der Waals surface area contributed by atoms with E-state index >= 15 is 0 Å². The van der Waals surface area contributed by atoms with Crippen LogP contribution in [-0.2, 0) is 16.1 Å². The zero-order valence-electron chi connectivity index (χ0n) is 23.6.